The molecule has 4 nitrogen and oxygen atoms in total. The van der Waals surface area contributed by atoms with E-state index >= 15 is 0 Å². The molecule has 1 aliphatic heterocycles. The predicted octanol–water partition coefficient (Wildman–Crippen LogP) is 1.50. The molecular weight excluding hydrogens is 240 g/mol. The van der Waals surface area contributed by atoms with Crippen LogP contribution < -0.4 is 5.32 Å². The molecular formula is C15H30N2O2. The molecule has 1 aliphatic carbocycles. The van der Waals surface area contributed by atoms with Crippen LogP contribution in [0, 0.1) is 5.41 Å². The van der Waals surface area contributed by atoms with Crippen LogP contribution in [-0.2, 0) is 9.47 Å². The molecule has 0 radical (unpaired) electrons. The average molecular weight is 270 g/mol. The molecule has 2 rings (SSSR count). The van der Waals surface area contributed by atoms with Crippen LogP contribution in [0.15, 0.2) is 0 Å². The minimum Gasteiger partial charge on any atom is -0.377 e. The van der Waals surface area contributed by atoms with E-state index in [0.29, 0.717) is 17.5 Å². The SMILES string of the molecule is CNC1C(N2CC(OC)C(OC)C2)CCCC1(C)C. The molecule has 4 atom stereocenters. The number of nitrogens with zero attached hydrogens (tertiary/aromatic N) is 1. The Hall–Kier alpha value is -0.160. The third-order valence-corrected chi connectivity index (χ3v) is 5.18. The van der Waals surface area contributed by atoms with Crippen LogP contribution >= 0.6 is 0 Å². The van der Waals surface area contributed by atoms with Crippen molar-refractivity contribution in [2.75, 3.05) is 34.4 Å². The van der Waals surface area contributed by atoms with Crippen LogP contribution in [0.1, 0.15) is 33.1 Å². The summed E-state index contributed by atoms with van der Waals surface area (Å²) in [6.45, 7) is 6.76. The zero-order valence-corrected chi connectivity index (χ0v) is 13.1. The molecule has 0 aromatic rings. The van der Waals surface area contributed by atoms with Crippen molar-refractivity contribution in [1.29, 1.82) is 0 Å². The van der Waals surface area contributed by atoms with E-state index in [2.05, 4.69) is 31.1 Å². The number of likely N-dealkylation sites (N-methyl/N-ethyl adjacent to an activating group) is 1. The lowest BCUT2D eigenvalue weighted by atomic mass is 9.70. The van der Waals surface area contributed by atoms with Gasteiger partial charge in [0.15, 0.2) is 0 Å². The van der Waals surface area contributed by atoms with Crippen LogP contribution in [0.5, 0.6) is 0 Å². The quantitative estimate of drug-likeness (QED) is 0.839. The van der Waals surface area contributed by atoms with Crippen LogP contribution in [0.25, 0.3) is 0 Å². The monoisotopic (exact) mass is 270 g/mol. The van der Waals surface area contributed by atoms with E-state index in [0.717, 1.165) is 13.1 Å². The van der Waals surface area contributed by atoms with Gasteiger partial charge in [0.25, 0.3) is 0 Å². The molecule has 1 saturated carbocycles. The molecule has 0 spiro atoms. The van der Waals surface area contributed by atoms with Crippen LogP contribution in [0.2, 0.25) is 0 Å². The summed E-state index contributed by atoms with van der Waals surface area (Å²) >= 11 is 0. The molecule has 1 heterocycles. The lowest BCUT2D eigenvalue weighted by molar-refractivity contribution is -0.00461. The largest absolute Gasteiger partial charge is 0.377 e. The highest BCUT2D eigenvalue weighted by atomic mass is 16.5. The third kappa shape index (κ3) is 2.97. The summed E-state index contributed by atoms with van der Waals surface area (Å²) in [4.78, 5) is 2.57. The molecule has 4 unspecified atom stereocenters. The van der Waals surface area contributed by atoms with Gasteiger partial charge in [-0.1, -0.05) is 20.3 Å². The maximum absolute atomic E-state index is 5.57. The fourth-order valence-electron chi connectivity index (χ4n) is 4.08. The minimum atomic E-state index is 0.215. The number of nitrogens with one attached hydrogen (secondary N) is 1. The van der Waals surface area contributed by atoms with Gasteiger partial charge in [-0.2, -0.15) is 0 Å². The van der Waals surface area contributed by atoms with E-state index < -0.39 is 0 Å². The lowest BCUT2D eigenvalue weighted by Gasteiger charge is -2.47. The van der Waals surface area contributed by atoms with E-state index in [9.17, 15) is 0 Å². The standard InChI is InChI=1S/C15H30N2O2/c1-15(2)8-6-7-11(14(15)16-3)17-9-12(18-4)13(10-17)19-5/h11-14,16H,6-10H2,1-5H3. The average Bonchev–Trinajstić information content (AvgIpc) is 2.80. The summed E-state index contributed by atoms with van der Waals surface area (Å²) in [6.07, 6.45) is 4.34. The van der Waals surface area contributed by atoms with Crippen LogP contribution in [0.3, 0.4) is 0 Å². The fraction of sp³-hybridized carbons (Fsp3) is 1.00. The van der Waals surface area contributed by atoms with Gasteiger partial charge >= 0.3 is 0 Å². The van der Waals surface area contributed by atoms with Crippen LogP contribution in [-0.4, -0.2) is 63.5 Å². The van der Waals surface area contributed by atoms with Crippen molar-refractivity contribution in [2.24, 2.45) is 5.41 Å². The third-order valence-electron chi connectivity index (χ3n) is 5.18. The molecule has 4 heteroatoms. The maximum atomic E-state index is 5.57. The van der Waals surface area contributed by atoms with Gasteiger partial charge in [0, 0.05) is 39.4 Å². The van der Waals surface area contributed by atoms with Gasteiger partial charge in [-0.3, -0.25) is 4.90 Å². The van der Waals surface area contributed by atoms with E-state index in [1.165, 1.54) is 19.3 Å². The van der Waals surface area contributed by atoms with Crippen molar-refractivity contribution in [1.82, 2.24) is 10.2 Å². The van der Waals surface area contributed by atoms with E-state index in [4.69, 9.17) is 9.47 Å². The smallest absolute Gasteiger partial charge is 0.0971 e. The first-order valence-corrected chi connectivity index (χ1v) is 7.50. The molecule has 2 aliphatic rings. The molecule has 0 amide bonds. The highest BCUT2D eigenvalue weighted by molar-refractivity contribution is 5.01. The number of likely N-dealkylation sites (tertiary alicyclic amines) is 1. The van der Waals surface area contributed by atoms with Gasteiger partial charge in [-0.15, -0.1) is 0 Å². The first-order chi connectivity index (χ1) is 9.03. The van der Waals surface area contributed by atoms with Gasteiger partial charge in [-0.05, 0) is 25.3 Å². The van der Waals surface area contributed by atoms with Gasteiger partial charge in [0.05, 0.1) is 12.2 Å². The van der Waals surface area contributed by atoms with Gasteiger partial charge in [0.1, 0.15) is 0 Å². The Morgan fingerprint density at radius 3 is 2.16 bits per heavy atom. The Bertz CT molecular complexity index is 284. The van der Waals surface area contributed by atoms with Crippen molar-refractivity contribution >= 4 is 0 Å². The Balaban J connectivity index is 2.08. The van der Waals surface area contributed by atoms with Gasteiger partial charge in [-0.25, -0.2) is 0 Å². The first kappa shape index (κ1) is 15.2. The second kappa shape index (κ2) is 6.08. The summed E-state index contributed by atoms with van der Waals surface area (Å²) in [7, 11) is 5.68. The molecule has 0 bridgehead atoms. The highest BCUT2D eigenvalue weighted by Crippen LogP contribution is 2.38. The summed E-state index contributed by atoms with van der Waals surface area (Å²) in [5.41, 5.74) is 0.366. The first-order valence-electron chi connectivity index (χ1n) is 7.50. The summed E-state index contributed by atoms with van der Waals surface area (Å²) in [5, 5.41) is 3.56. The molecule has 1 saturated heterocycles. The molecule has 2 fully saturated rings. The van der Waals surface area contributed by atoms with Crippen molar-refractivity contribution in [3.05, 3.63) is 0 Å². The van der Waals surface area contributed by atoms with E-state index in [1.807, 2.05) is 0 Å². The number of hydrogen-bond donors (Lipinski definition) is 1. The Labute approximate surface area is 117 Å². The lowest BCUT2D eigenvalue weighted by Crippen LogP contribution is -2.57. The van der Waals surface area contributed by atoms with Crippen molar-refractivity contribution in [3.8, 4) is 0 Å². The molecule has 1 N–H and O–H groups in total. The van der Waals surface area contributed by atoms with Crippen LogP contribution in [0.4, 0.5) is 0 Å². The second-order valence-corrected chi connectivity index (χ2v) is 6.72. The maximum Gasteiger partial charge on any atom is 0.0971 e. The summed E-state index contributed by atoms with van der Waals surface area (Å²) < 4.78 is 11.1. The minimum absolute atomic E-state index is 0.215. The molecule has 112 valence electrons. The predicted molar refractivity (Wildman–Crippen MR) is 77.4 cm³/mol. The zero-order chi connectivity index (χ0) is 14.0. The highest BCUT2D eigenvalue weighted by Gasteiger charge is 2.44. The van der Waals surface area contributed by atoms with Gasteiger partial charge < -0.3 is 14.8 Å². The Kier molecular flexibility index (Phi) is 4.88. The van der Waals surface area contributed by atoms with Crippen molar-refractivity contribution < 1.29 is 9.47 Å². The normalized spacial score (nSPS) is 39.6. The number of hydrogen-bond acceptors (Lipinski definition) is 4. The Morgan fingerprint density at radius 1 is 1.11 bits per heavy atom. The fourth-order valence-corrected chi connectivity index (χ4v) is 4.08. The summed E-state index contributed by atoms with van der Waals surface area (Å²) in [6, 6.07) is 1.15. The van der Waals surface area contributed by atoms with Crippen molar-refractivity contribution in [3.63, 3.8) is 0 Å². The topological polar surface area (TPSA) is 33.7 Å². The molecule has 19 heavy (non-hydrogen) atoms. The van der Waals surface area contributed by atoms with Gasteiger partial charge in [0.2, 0.25) is 0 Å². The molecule has 0 aromatic heterocycles. The number of rotatable bonds is 4. The van der Waals surface area contributed by atoms with E-state index in [-0.39, 0.29) is 12.2 Å². The molecule has 0 aromatic carbocycles. The Morgan fingerprint density at radius 2 is 1.68 bits per heavy atom. The second-order valence-electron chi connectivity index (χ2n) is 6.72. The zero-order valence-electron chi connectivity index (χ0n) is 13.1. The number of ether oxygens (including phenoxy) is 2. The van der Waals surface area contributed by atoms with Crippen molar-refractivity contribution in [2.45, 2.75) is 57.4 Å². The summed E-state index contributed by atoms with van der Waals surface area (Å²) in [5.74, 6) is 0. The van der Waals surface area contributed by atoms with E-state index in [1.54, 1.807) is 14.2 Å². The number of methoxy groups -OCH3 is 2.